The van der Waals surface area contributed by atoms with Gasteiger partial charge < -0.3 is 9.80 Å². The summed E-state index contributed by atoms with van der Waals surface area (Å²) in [7, 11) is 0. The molecule has 1 unspecified atom stereocenters. The Kier molecular flexibility index (Phi) is 9.39. The molecule has 204 valence electrons. The van der Waals surface area contributed by atoms with E-state index in [0.717, 1.165) is 67.4 Å². The molecule has 1 fully saturated rings. The highest BCUT2D eigenvalue weighted by molar-refractivity contribution is 6.10. The Morgan fingerprint density at radius 2 is 1.42 bits per heavy atom. The quantitative estimate of drug-likeness (QED) is 0.345. The van der Waals surface area contributed by atoms with Crippen molar-refractivity contribution in [1.29, 1.82) is 0 Å². The molecular weight excluding hydrogens is 534 g/mol. The van der Waals surface area contributed by atoms with Gasteiger partial charge in [-0.05, 0) is 61.3 Å². The maximum Gasteiger partial charge on any atom is 0.416 e. The van der Waals surface area contributed by atoms with Gasteiger partial charge in [0, 0.05) is 44.1 Å². The molecule has 3 aromatic carbocycles. The van der Waals surface area contributed by atoms with Crippen molar-refractivity contribution >= 4 is 42.1 Å². The average molecular weight is 566 g/mol. The minimum atomic E-state index is -4.32. The normalized spacial score (nSPS) is 19.5. The van der Waals surface area contributed by atoms with Gasteiger partial charge in [0.25, 0.3) is 0 Å². The fourth-order valence-corrected chi connectivity index (χ4v) is 5.64. The molecule has 0 radical (unpaired) electrons. The number of fused-ring (bicyclic) bond motifs is 1. The number of carbonyl (C=O) groups excluding carboxylic acids is 1. The fourth-order valence-electron chi connectivity index (χ4n) is 5.64. The summed E-state index contributed by atoms with van der Waals surface area (Å²) in [6, 6.07) is 23.6. The van der Waals surface area contributed by atoms with Gasteiger partial charge in [-0.2, -0.15) is 13.2 Å². The van der Waals surface area contributed by atoms with Crippen LogP contribution in [0.2, 0.25) is 0 Å². The summed E-state index contributed by atoms with van der Waals surface area (Å²) < 4.78 is 38.7. The molecule has 0 spiro atoms. The van der Waals surface area contributed by atoms with E-state index >= 15 is 0 Å². The van der Waals surface area contributed by atoms with E-state index in [2.05, 4.69) is 28.0 Å². The van der Waals surface area contributed by atoms with E-state index < -0.39 is 17.2 Å². The smallest absolute Gasteiger partial charge is 0.369 e. The van der Waals surface area contributed by atoms with Crippen LogP contribution in [0.1, 0.15) is 30.0 Å². The van der Waals surface area contributed by atoms with Crippen LogP contribution in [0.4, 0.5) is 24.5 Å². The molecule has 9 heteroatoms. The van der Waals surface area contributed by atoms with Crippen LogP contribution in [0.5, 0.6) is 0 Å². The van der Waals surface area contributed by atoms with Gasteiger partial charge in [0.2, 0.25) is 5.91 Å². The highest BCUT2D eigenvalue weighted by Gasteiger charge is 2.51. The molecule has 2 aliphatic rings. The highest BCUT2D eigenvalue weighted by Crippen LogP contribution is 2.48. The molecule has 0 aliphatic carbocycles. The lowest BCUT2D eigenvalue weighted by atomic mass is 9.72. The number of hydrogen-bond donors (Lipinski definition) is 0. The molecule has 0 saturated carbocycles. The van der Waals surface area contributed by atoms with Gasteiger partial charge in [0.15, 0.2) is 0 Å². The number of benzene rings is 3. The Balaban J connectivity index is 0.00000200. The first-order valence-electron chi connectivity index (χ1n) is 12.5. The van der Waals surface area contributed by atoms with E-state index in [4.69, 9.17) is 0 Å². The predicted octanol–water partition coefficient (Wildman–Crippen LogP) is 6.41. The number of nitrogens with zero attached hydrogens (tertiary/aromatic N) is 3. The Morgan fingerprint density at radius 3 is 2.03 bits per heavy atom. The van der Waals surface area contributed by atoms with Gasteiger partial charge in [-0.25, -0.2) is 0 Å². The lowest BCUT2D eigenvalue weighted by Gasteiger charge is -2.38. The molecule has 2 aliphatic heterocycles. The fraction of sp³-hybridized carbons (Fsp3) is 0.345. The molecule has 0 aromatic heterocycles. The SMILES string of the molecule is CCN1C(=O)C(CCN2CCN(c3ccc(C(F)(F)F)cc3)CC2)(c2ccccc2)c2ccccc21.Cl.Cl. The number of alkyl halides is 3. The molecule has 1 saturated heterocycles. The standard InChI is InChI=1S/C29H30F3N3O.2ClH/c1-2-35-26-11-7-6-10-25(26)28(27(35)36,22-8-4-3-5-9-22)16-17-33-18-20-34(21-19-33)24-14-12-23(13-15-24)29(30,31)32;;/h3-15H,2,16-21H2,1H3;2*1H. The summed E-state index contributed by atoms with van der Waals surface area (Å²) in [5.74, 6) is 0.126. The van der Waals surface area contributed by atoms with Crippen LogP contribution in [0.15, 0.2) is 78.9 Å². The summed E-state index contributed by atoms with van der Waals surface area (Å²) in [6.07, 6.45) is -3.65. The molecule has 0 N–H and O–H groups in total. The molecule has 0 bridgehead atoms. The van der Waals surface area contributed by atoms with Crippen molar-refractivity contribution in [3.63, 3.8) is 0 Å². The van der Waals surface area contributed by atoms with Crippen molar-refractivity contribution in [3.8, 4) is 0 Å². The minimum absolute atomic E-state index is 0. The van der Waals surface area contributed by atoms with Crippen LogP contribution in [-0.4, -0.2) is 50.1 Å². The highest BCUT2D eigenvalue weighted by atomic mass is 35.5. The maximum absolute atomic E-state index is 13.9. The van der Waals surface area contributed by atoms with E-state index in [9.17, 15) is 18.0 Å². The van der Waals surface area contributed by atoms with Crippen molar-refractivity contribution < 1.29 is 18.0 Å². The summed E-state index contributed by atoms with van der Waals surface area (Å²) in [5, 5.41) is 0. The first kappa shape index (κ1) is 29.8. The van der Waals surface area contributed by atoms with Crippen molar-refractivity contribution in [3.05, 3.63) is 95.6 Å². The van der Waals surface area contributed by atoms with Crippen molar-refractivity contribution in [2.45, 2.75) is 24.9 Å². The lowest BCUT2D eigenvalue weighted by Crippen LogP contribution is -2.49. The average Bonchev–Trinajstić information content (AvgIpc) is 3.15. The van der Waals surface area contributed by atoms with Crippen LogP contribution < -0.4 is 9.80 Å². The number of anilines is 2. The van der Waals surface area contributed by atoms with E-state index in [1.54, 1.807) is 12.1 Å². The number of amides is 1. The molecular formula is C29H32Cl2F3N3O. The van der Waals surface area contributed by atoms with Crippen LogP contribution in [0.3, 0.4) is 0 Å². The molecule has 4 nitrogen and oxygen atoms in total. The van der Waals surface area contributed by atoms with Gasteiger partial charge in [-0.1, -0.05) is 48.5 Å². The third-order valence-electron chi connectivity index (χ3n) is 7.58. The van der Waals surface area contributed by atoms with E-state index in [1.165, 1.54) is 0 Å². The topological polar surface area (TPSA) is 26.8 Å². The second-order valence-corrected chi connectivity index (χ2v) is 9.46. The summed E-state index contributed by atoms with van der Waals surface area (Å²) in [4.78, 5) is 20.3. The van der Waals surface area contributed by atoms with E-state index in [1.807, 2.05) is 48.2 Å². The number of para-hydroxylation sites is 1. The van der Waals surface area contributed by atoms with Crippen LogP contribution in [0.25, 0.3) is 0 Å². The lowest BCUT2D eigenvalue weighted by molar-refractivity contribution is -0.137. The van der Waals surface area contributed by atoms with Crippen molar-refractivity contribution in [2.75, 3.05) is 49.1 Å². The van der Waals surface area contributed by atoms with Crippen LogP contribution >= 0.6 is 24.8 Å². The molecule has 2 heterocycles. The Morgan fingerprint density at radius 1 is 0.816 bits per heavy atom. The van der Waals surface area contributed by atoms with Crippen LogP contribution in [-0.2, 0) is 16.4 Å². The first-order chi connectivity index (χ1) is 17.3. The number of hydrogen-bond acceptors (Lipinski definition) is 3. The van der Waals surface area contributed by atoms with Crippen LogP contribution in [0, 0.1) is 0 Å². The second kappa shape index (κ2) is 12.0. The first-order valence-corrected chi connectivity index (χ1v) is 12.5. The summed E-state index contributed by atoms with van der Waals surface area (Å²) in [6.45, 7) is 6.43. The third kappa shape index (κ3) is 5.37. The molecule has 1 amide bonds. The molecule has 5 rings (SSSR count). The van der Waals surface area contributed by atoms with Gasteiger partial charge in [0.1, 0.15) is 5.41 Å². The Labute approximate surface area is 234 Å². The zero-order valence-electron chi connectivity index (χ0n) is 21.2. The number of carbonyl (C=O) groups is 1. The van der Waals surface area contributed by atoms with Gasteiger partial charge in [-0.15, -0.1) is 24.8 Å². The third-order valence-corrected chi connectivity index (χ3v) is 7.58. The van der Waals surface area contributed by atoms with Gasteiger partial charge in [-0.3, -0.25) is 9.69 Å². The molecule has 3 aromatic rings. The monoisotopic (exact) mass is 565 g/mol. The van der Waals surface area contributed by atoms with E-state index in [0.29, 0.717) is 13.0 Å². The number of likely N-dealkylation sites (N-methyl/N-ethyl adjacent to an activating group) is 1. The maximum atomic E-state index is 13.9. The number of rotatable bonds is 6. The Hall–Kier alpha value is -2.74. The van der Waals surface area contributed by atoms with Crippen molar-refractivity contribution in [2.24, 2.45) is 0 Å². The van der Waals surface area contributed by atoms with Gasteiger partial charge in [0.05, 0.1) is 5.56 Å². The molecule has 38 heavy (non-hydrogen) atoms. The predicted molar refractivity (Wildman–Crippen MR) is 151 cm³/mol. The van der Waals surface area contributed by atoms with E-state index in [-0.39, 0.29) is 30.7 Å². The number of halogens is 5. The number of piperazine rings is 1. The summed E-state index contributed by atoms with van der Waals surface area (Å²) >= 11 is 0. The van der Waals surface area contributed by atoms with Crippen molar-refractivity contribution in [1.82, 2.24) is 4.90 Å². The summed E-state index contributed by atoms with van der Waals surface area (Å²) in [5.41, 5.74) is 2.52. The minimum Gasteiger partial charge on any atom is -0.369 e. The Bertz CT molecular complexity index is 1220. The largest absolute Gasteiger partial charge is 0.416 e. The molecule has 1 atom stereocenters. The zero-order valence-corrected chi connectivity index (χ0v) is 22.8. The zero-order chi connectivity index (χ0) is 25.3. The second-order valence-electron chi connectivity index (χ2n) is 9.46. The van der Waals surface area contributed by atoms with Gasteiger partial charge >= 0.3 is 6.18 Å².